The van der Waals surface area contributed by atoms with Gasteiger partial charge in [-0.15, -0.1) is 0 Å². The van der Waals surface area contributed by atoms with Crippen LogP contribution in [0.25, 0.3) is 0 Å². The number of hydrogen-bond donors (Lipinski definition) is 3. The van der Waals surface area contributed by atoms with E-state index >= 15 is 0 Å². The largest absolute Gasteiger partial charge is 0.355 e. The van der Waals surface area contributed by atoms with Crippen LogP contribution >= 0.6 is 0 Å². The highest BCUT2D eigenvalue weighted by Crippen LogP contribution is 1.99. The lowest BCUT2D eigenvalue weighted by atomic mass is 10.2. The van der Waals surface area contributed by atoms with E-state index in [9.17, 15) is 4.79 Å². The monoisotopic (exact) mass is 387 g/mol. The second kappa shape index (κ2) is 23.1. The van der Waals surface area contributed by atoms with Gasteiger partial charge in [-0.2, -0.15) is 0 Å². The minimum Gasteiger partial charge on any atom is -0.355 e. The van der Waals surface area contributed by atoms with E-state index in [2.05, 4.69) is 78.3 Å². The van der Waals surface area contributed by atoms with Gasteiger partial charge in [0.05, 0.1) is 0 Å². The van der Waals surface area contributed by atoms with Crippen LogP contribution in [-0.4, -0.2) is 32.1 Å². The van der Waals surface area contributed by atoms with Crippen molar-refractivity contribution in [1.29, 1.82) is 0 Å². The summed E-state index contributed by atoms with van der Waals surface area (Å²) in [6.45, 7) is 5.01. The van der Waals surface area contributed by atoms with Crippen molar-refractivity contribution in [2.75, 3.05) is 26.2 Å². The predicted octanol–water partition coefficient (Wildman–Crippen LogP) is 4.57. The van der Waals surface area contributed by atoms with Crippen molar-refractivity contribution in [3.05, 3.63) is 60.8 Å². The lowest BCUT2D eigenvalue weighted by Gasteiger charge is -2.05. The maximum Gasteiger partial charge on any atom is 0.220 e. The number of allylic oxidation sites excluding steroid dienone is 10. The Hall–Kier alpha value is -1.91. The summed E-state index contributed by atoms with van der Waals surface area (Å²) in [6, 6.07) is 0. The van der Waals surface area contributed by atoms with Crippen LogP contribution in [0.2, 0.25) is 0 Å². The fourth-order valence-corrected chi connectivity index (χ4v) is 2.35. The van der Waals surface area contributed by atoms with Crippen molar-refractivity contribution < 1.29 is 4.79 Å². The highest BCUT2D eigenvalue weighted by Gasteiger charge is 1.98. The van der Waals surface area contributed by atoms with E-state index in [4.69, 9.17) is 5.73 Å². The summed E-state index contributed by atoms with van der Waals surface area (Å²) in [7, 11) is 0. The van der Waals surface area contributed by atoms with Crippen LogP contribution in [-0.2, 0) is 4.79 Å². The zero-order chi connectivity index (χ0) is 20.5. The first-order valence-corrected chi connectivity index (χ1v) is 10.7. The van der Waals surface area contributed by atoms with Gasteiger partial charge in [-0.25, -0.2) is 0 Å². The second-order valence-electron chi connectivity index (χ2n) is 6.49. The van der Waals surface area contributed by atoms with Crippen molar-refractivity contribution in [3.8, 4) is 0 Å². The van der Waals surface area contributed by atoms with Gasteiger partial charge in [0.2, 0.25) is 5.91 Å². The van der Waals surface area contributed by atoms with Gasteiger partial charge in [-0.05, 0) is 44.9 Å². The summed E-state index contributed by atoms with van der Waals surface area (Å²) >= 11 is 0. The van der Waals surface area contributed by atoms with E-state index in [1.165, 1.54) is 0 Å². The van der Waals surface area contributed by atoms with Crippen molar-refractivity contribution >= 4 is 5.91 Å². The lowest BCUT2D eigenvalue weighted by Crippen LogP contribution is -2.33. The molecule has 0 spiro atoms. The number of carbonyl (C=O) groups is 1. The van der Waals surface area contributed by atoms with Gasteiger partial charge in [0.25, 0.3) is 0 Å². The molecule has 0 aliphatic heterocycles. The Morgan fingerprint density at radius 3 is 1.82 bits per heavy atom. The molecule has 28 heavy (non-hydrogen) atoms. The van der Waals surface area contributed by atoms with Gasteiger partial charge in [-0.3, -0.25) is 4.79 Å². The van der Waals surface area contributed by atoms with E-state index < -0.39 is 0 Å². The number of rotatable bonds is 18. The molecule has 0 fully saturated rings. The molecule has 4 N–H and O–H groups in total. The normalized spacial score (nSPS) is 12.5. The fourth-order valence-electron chi connectivity index (χ4n) is 2.35. The second-order valence-corrected chi connectivity index (χ2v) is 6.49. The SMILES string of the molecule is CCC=CCC=CCC=CCC=CCC=CCCCC(=O)NCCNCCN. The molecule has 0 rings (SSSR count). The molecule has 4 nitrogen and oxygen atoms in total. The van der Waals surface area contributed by atoms with Crippen molar-refractivity contribution in [2.24, 2.45) is 5.73 Å². The standard InChI is InChI=1S/C24H41N3O/c1-2-3-4-5-6-7-8-9-10-11-12-13-14-15-16-17-18-19-24(28)27-23-22-26-21-20-25/h3-4,6-7,9-10,12-13,15-16,26H,2,5,8,11,14,17-23,25H2,1H3,(H,27,28). The van der Waals surface area contributed by atoms with E-state index in [0.29, 0.717) is 19.5 Å². The zero-order valence-corrected chi connectivity index (χ0v) is 17.7. The molecule has 0 saturated heterocycles. The number of amides is 1. The molecule has 0 heterocycles. The number of unbranched alkanes of at least 4 members (excludes halogenated alkanes) is 1. The molecule has 0 aliphatic rings. The van der Waals surface area contributed by atoms with Gasteiger partial charge in [-0.1, -0.05) is 67.7 Å². The smallest absolute Gasteiger partial charge is 0.220 e. The lowest BCUT2D eigenvalue weighted by molar-refractivity contribution is -0.121. The number of nitrogens with two attached hydrogens (primary N) is 1. The summed E-state index contributed by atoms with van der Waals surface area (Å²) in [4.78, 5) is 11.6. The number of carbonyl (C=O) groups excluding carboxylic acids is 1. The van der Waals surface area contributed by atoms with E-state index in [0.717, 1.165) is 58.0 Å². The van der Waals surface area contributed by atoms with Crippen LogP contribution in [0.1, 0.15) is 58.3 Å². The molecule has 0 bridgehead atoms. The van der Waals surface area contributed by atoms with Crippen LogP contribution in [0.15, 0.2) is 60.8 Å². The Morgan fingerprint density at radius 1 is 0.750 bits per heavy atom. The molecule has 0 atom stereocenters. The van der Waals surface area contributed by atoms with Crippen molar-refractivity contribution in [3.63, 3.8) is 0 Å². The third kappa shape index (κ3) is 22.1. The Balaban J connectivity index is 3.47. The van der Waals surface area contributed by atoms with Gasteiger partial charge in [0.15, 0.2) is 0 Å². The molecule has 0 unspecified atom stereocenters. The molecule has 158 valence electrons. The third-order valence-corrected chi connectivity index (χ3v) is 3.88. The minimum absolute atomic E-state index is 0.127. The first-order chi connectivity index (χ1) is 13.8. The van der Waals surface area contributed by atoms with Gasteiger partial charge in [0.1, 0.15) is 0 Å². The van der Waals surface area contributed by atoms with Crippen molar-refractivity contribution in [1.82, 2.24) is 10.6 Å². The molecule has 1 amide bonds. The maximum absolute atomic E-state index is 11.6. The summed E-state index contributed by atoms with van der Waals surface area (Å²) in [5.41, 5.74) is 5.38. The van der Waals surface area contributed by atoms with E-state index in [-0.39, 0.29) is 5.91 Å². The summed E-state index contributed by atoms with van der Waals surface area (Å²) in [6.07, 6.45) is 29.5. The van der Waals surface area contributed by atoms with Crippen LogP contribution < -0.4 is 16.4 Å². The van der Waals surface area contributed by atoms with Gasteiger partial charge >= 0.3 is 0 Å². The summed E-state index contributed by atoms with van der Waals surface area (Å²) < 4.78 is 0. The molecule has 0 aromatic carbocycles. The molecular formula is C24H41N3O. The van der Waals surface area contributed by atoms with Crippen LogP contribution in [0.4, 0.5) is 0 Å². The molecule has 0 aromatic heterocycles. The fraction of sp³-hybridized carbons (Fsp3) is 0.542. The Bertz CT molecular complexity index is 490. The van der Waals surface area contributed by atoms with Crippen LogP contribution in [0.3, 0.4) is 0 Å². The van der Waals surface area contributed by atoms with E-state index in [1.807, 2.05) is 0 Å². The zero-order valence-electron chi connectivity index (χ0n) is 17.7. The highest BCUT2D eigenvalue weighted by molar-refractivity contribution is 5.75. The molecular weight excluding hydrogens is 346 g/mol. The molecule has 0 aromatic rings. The highest BCUT2D eigenvalue weighted by atomic mass is 16.1. The Morgan fingerprint density at radius 2 is 1.29 bits per heavy atom. The van der Waals surface area contributed by atoms with Gasteiger partial charge < -0.3 is 16.4 Å². The molecule has 0 aliphatic carbocycles. The van der Waals surface area contributed by atoms with Crippen LogP contribution in [0.5, 0.6) is 0 Å². The van der Waals surface area contributed by atoms with Crippen LogP contribution in [0, 0.1) is 0 Å². The van der Waals surface area contributed by atoms with Crippen molar-refractivity contribution in [2.45, 2.75) is 58.3 Å². The molecule has 0 saturated carbocycles. The van der Waals surface area contributed by atoms with E-state index in [1.54, 1.807) is 0 Å². The first-order valence-electron chi connectivity index (χ1n) is 10.7. The topological polar surface area (TPSA) is 67.2 Å². The number of nitrogens with one attached hydrogen (secondary N) is 2. The predicted molar refractivity (Wildman–Crippen MR) is 123 cm³/mol. The third-order valence-electron chi connectivity index (χ3n) is 3.88. The quantitative estimate of drug-likeness (QED) is 0.238. The maximum atomic E-state index is 11.6. The minimum atomic E-state index is 0.127. The Labute approximate surface area is 172 Å². The average molecular weight is 388 g/mol. The molecule has 4 heteroatoms. The van der Waals surface area contributed by atoms with Gasteiger partial charge in [0, 0.05) is 32.6 Å². The molecule has 0 radical (unpaired) electrons. The first kappa shape index (κ1) is 26.1. The Kier molecular flexibility index (Phi) is 21.6. The summed E-state index contributed by atoms with van der Waals surface area (Å²) in [5.74, 6) is 0.127. The average Bonchev–Trinajstić information content (AvgIpc) is 2.70. The summed E-state index contributed by atoms with van der Waals surface area (Å²) in [5, 5.41) is 6.05. The number of hydrogen-bond acceptors (Lipinski definition) is 3.